The summed E-state index contributed by atoms with van der Waals surface area (Å²) in [5, 5.41) is 6.81. The monoisotopic (exact) mass is 396 g/mol. The van der Waals surface area contributed by atoms with E-state index in [0.717, 1.165) is 22.4 Å². The van der Waals surface area contributed by atoms with E-state index in [1.165, 1.54) is 13.3 Å². The molecule has 1 N–H and O–H groups in total. The Balaban J connectivity index is 1.97. The van der Waals surface area contributed by atoms with Crippen LogP contribution >= 0.6 is 0 Å². The van der Waals surface area contributed by atoms with E-state index in [0.29, 0.717) is 5.56 Å². The van der Waals surface area contributed by atoms with Crippen LogP contribution in [0.4, 0.5) is 5.69 Å². The first-order chi connectivity index (χ1) is 13.8. The second-order valence-electron chi connectivity index (χ2n) is 7.29. The number of ether oxygens (including phenoxy) is 1. The van der Waals surface area contributed by atoms with Crippen LogP contribution in [-0.2, 0) is 14.4 Å². The molecular weight excluding hydrogens is 368 g/mol. The van der Waals surface area contributed by atoms with Crippen LogP contribution in [0.25, 0.3) is 0 Å². The quantitative estimate of drug-likeness (QED) is 0.398. The van der Waals surface area contributed by atoms with Crippen molar-refractivity contribution in [2.24, 2.45) is 5.16 Å². The standard InChI is InChI=1S/C23H28N2O4/c1-15(2)19-7-6-8-20(16(3)4)22(19)25-21(26)14-29-24-13-17-9-11-18(12-10-17)23(27)28-5/h6-13,15-16H,14H2,1-5H3,(H,25,26)/b24-13+. The van der Waals surface area contributed by atoms with Gasteiger partial charge in [0, 0.05) is 5.69 Å². The molecule has 0 saturated carbocycles. The van der Waals surface area contributed by atoms with E-state index in [1.54, 1.807) is 24.3 Å². The summed E-state index contributed by atoms with van der Waals surface area (Å²) >= 11 is 0. The number of hydrogen-bond acceptors (Lipinski definition) is 5. The van der Waals surface area contributed by atoms with Gasteiger partial charge in [-0.05, 0) is 40.7 Å². The van der Waals surface area contributed by atoms with Crippen LogP contribution in [0.2, 0.25) is 0 Å². The zero-order chi connectivity index (χ0) is 21.4. The maximum absolute atomic E-state index is 12.4. The SMILES string of the molecule is COC(=O)c1ccc(/C=N/OCC(=O)Nc2c(C(C)C)cccc2C(C)C)cc1. The van der Waals surface area contributed by atoms with Crippen LogP contribution in [0.15, 0.2) is 47.6 Å². The number of nitrogens with one attached hydrogen (secondary N) is 1. The van der Waals surface area contributed by atoms with Crippen LogP contribution in [0.3, 0.4) is 0 Å². The minimum Gasteiger partial charge on any atom is -0.465 e. The number of hydrogen-bond donors (Lipinski definition) is 1. The molecular formula is C23H28N2O4. The lowest BCUT2D eigenvalue weighted by Crippen LogP contribution is -2.19. The Labute approximate surface area is 171 Å². The molecule has 6 heteroatoms. The Morgan fingerprint density at radius 1 is 1.00 bits per heavy atom. The summed E-state index contributed by atoms with van der Waals surface area (Å²) in [6.07, 6.45) is 1.48. The van der Waals surface area contributed by atoms with E-state index >= 15 is 0 Å². The molecule has 0 spiro atoms. The van der Waals surface area contributed by atoms with Gasteiger partial charge >= 0.3 is 5.97 Å². The summed E-state index contributed by atoms with van der Waals surface area (Å²) in [7, 11) is 1.33. The number of carbonyl (C=O) groups is 2. The van der Waals surface area contributed by atoms with Gasteiger partial charge in [0.15, 0.2) is 6.61 Å². The van der Waals surface area contributed by atoms with Gasteiger partial charge in [0.05, 0.1) is 18.9 Å². The summed E-state index contributed by atoms with van der Waals surface area (Å²) in [6.45, 7) is 8.20. The molecule has 0 saturated heterocycles. The van der Waals surface area contributed by atoms with Gasteiger partial charge in [-0.2, -0.15) is 0 Å². The van der Waals surface area contributed by atoms with Crippen molar-refractivity contribution in [1.82, 2.24) is 0 Å². The number of nitrogens with zero attached hydrogens (tertiary/aromatic N) is 1. The number of methoxy groups -OCH3 is 1. The van der Waals surface area contributed by atoms with Gasteiger partial charge in [0.1, 0.15) is 0 Å². The van der Waals surface area contributed by atoms with Crippen LogP contribution in [-0.4, -0.2) is 31.8 Å². The Morgan fingerprint density at radius 3 is 2.10 bits per heavy atom. The first kappa shape index (κ1) is 22.1. The molecule has 0 aliphatic rings. The topological polar surface area (TPSA) is 77.0 Å². The summed E-state index contributed by atoms with van der Waals surface area (Å²) in [5.41, 5.74) is 4.24. The zero-order valence-electron chi connectivity index (χ0n) is 17.6. The highest BCUT2D eigenvalue weighted by atomic mass is 16.6. The summed E-state index contributed by atoms with van der Waals surface area (Å²) in [5.74, 6) is -0.0890. The van der Waals surface area contributed by atoms with Crippen molar-refractivity contribution in [2.45, 2.75) is 39.5 Å². The minimum absolute atomic E-state index is 0.194. The molecule has 2 aromatic carbocycles. The molecule has 1 amide bonds. The lowest BCUT2D eigenvalue weighted by atomic mass is 9.92. The lowest BCUT2D eigenvalue weighted by molar-refractivity contribution is -0.120. The van der Waals surface area contributed by atoms with E-state index in [9.17, 15) is 9.59 Å². The molecule has 0 aromatic heterocycles. The Morgan fingerprint density at radius 2 is 1.59 bits per heavy atom. The first-order valence-electron chi connectivity index (χ1n) is 9.59. The maximum atomic E-state index is 12.4. The molecule has 2 aromatic rings. The third-order valence-corrected chi connectivity index (χ3v) is 4.44. The average Bonchev–Trinajstić information content (AvgIpc) is 2.70. The molecule has 154 valence electrons. The predicted octanol–water partition coefficient (Wildman–Crippen LogP) is 4.71. The van der Waals surface area contributed by atoms with Crippen molar-refractivity contribution in [3.8, 4) is 0 Å². The van der Waals surface area contributed by atoms with Gasteiger partial charge in [-0.1, -0.05) is 63.2 Å². The highest BCUT2D eigenvalue weighted by Gasteiger charge is 2.16. The second-order valence-corrected chi connectivity index (χ2v) is 7.29. The number of carbonyl (C=O) groups excluding carboxylic acids is 2. The predicted molar refractivity (Wildman–Crippen MR) is 115 cm³/mol. The Bertz CT molecular complexity index is 845. The molecule has 0 aliphatic heterocycles. The number of esters is 1. The van der Waals surface area contributed by atoms with Crippen LogP contribution in [0, 0.1) is 0 Å². The molecule has 0 fully saturated rings. The first-order valence-corrected chi connectivity index (χ1v) is 9.59. The van der Waals surface area contributed by atoms with Crippen LogP contribution in [0.5, 0.6) is 0 Å². The van der Waals surface area contributed by atoms with Crippen molar-refractivity contribution in [2.75, 3.05) is 19.0 Å². The van der Waals surface area contributed by atoms with Crippen molar-refractivity contribution >= 4 is 23.8 Å². The normalized spacial score (nSPS) is 11.1. The fourth-order valence-corrected chi connectivity index (χ4v) is 2.89. The van der Waals surface area contributed by atoms with E-state index in [2.05, 4.69) is 42.9 Å². The maximum Gasteiger partial charge on any atom is 0.337 e. The van der Waals surface area contributed by atoms with Crippen LogP contribution in [0.1, 0.15) is 66.6 Å². The van der Waals surface area contributed by atoms with Crippen molar-refractivity contribution in [3.63, 3.8) is 0 Å². The van der Waals surface area contributed by atoms with Gasteiger partial charge in [0.2, 0.25) is 0 Å². The number of anilines is 1. The number of benzene rings is 2. The smallest absolute Gasteiger partial charge is 0.337 e. The number of rotatable bonds is 8. The minimum atomic E-state index is -0.399. The number of amides is 1. The summed E-state index contributed by atoms with van der Waals surface area (Å²) in [6, 6.07) is 12.8. The van der Waals surface area contributed by atoms with Gasteiger partial charge < -0.3 is 14.9 Å². The van der Waals surface area contributed by atoms with E-state index in [1.807, 2.05) is 18.2 Å². The average molecular weight is 396 g/mol. The van der Waals surface area contributed by atoms with Gasteiger partial charge in [0.25, 0.3) is 5.91 Å². The third-order valence-electron chi connectivity index (χ3n) is 4.44. The second kappa shape index (κ2) is 10.4. The fourth-order valence-electron chi connectivity index (χ4n) is 2.89. The highest BCUT2D eigenvalue weighted by Crippen LogP contribution is 2.32. The summed E-state index contributed by atoms with van der Waals surface area (Å²) in [4.78, 5) is 28.9. The van der Waals surface area contributed by atoms with Gasteiger partial charge in [-0.15, -0.1) is 0 Å². The number of para-hydroxylation sites is 1. The van der Waals surface area contributed by atoms with E-state index in [-0.39, 0.29) is 24.3 Å². The third kappa shape index (κ3) is 6.17. The lowest BCUT2D eigenvalue weighted by Gasteiger charge is -2.19. The molecule has 0 aliphatic carbocycles. The van der Waals surface area contributed by atoms with Gasteiger partial charge in [-0.25, -0.2) is 4.79 Å². The molecule has 6 nitrogen and oxygen atoms in total. The highest BCUT2D eigenvalue weighted by molar-refractivity contribution is 5.93. The van der Waals surface area contributed by atoms with E-state index in [4.69, 9.17) is 4.84 Å². The van der Waals surface area contributed by atoms with Crippen LogP contribution < -0.4 is 5.32 Å². The van der Waals surface area contributed by atoms with Crippen molar-refractivity contribution in [3.05, 3.63) is 64.7 Å². The molecule has 2 rings (SSSR count). The number of oxime groups is 1. The van der Waals surface area contributed by atoms with Crippen molar-refractivity contribution in [1.29, 1.82) is 0 Å². The Kier molecular flexibility index (Phi) is 7.95. The summed E-state index contributed by atoms with van der Waals surface area (Å²) < 4.78 is 4.65. The van der Waals surface area contributed by atoms with Crippen molar-refractivity contribution < 1.29 is 19.2 Å². The molecule has 0 bridgehead atoms. The zero-order valence-corrected chi connectivity index (χ0v) is 17.6. The van der Waals surface area contributed by atoms with Gasteiger partial charge in [-0.3, -0.25) is 4.79 Å². The molecule has 0 unspecified atom stereocenters. The molecule has 0 radical (unpaired) electrons. The fraction of sp³-hybridized carbons (Fsp3) is 0.348. The largest absolute Gasteiger partial charge is 0.465 e. The van der Waals surface area contributed by atoms with E-state index < -0.39 is 5.97 Å². The Hall–Kier alpha value is -3.15. The molecule has 0 atom stereocenters. The molecule has 29 heavy (non-hydrogen) atoms. The molecule has 0 heterocycles.